The highest BCUT2D eigenvalue weighted by Crippen LogP contribution is 2.24. The van der Waals surface area contributed by atoms with Gasteiger partial charge in [-0.25, -0.2) is 4.98 Å². The first-order valence-corrected chi connectivity index (χ1v) is 15.3. The van der Waals surface area contributed by atoms with E-state index < -0.39 is 0 Å². The second-order valence-corrected chi connectivity index (χ2v) is 11.6. The van der Waals surface area contributed by atoms with Gasteiger partial charge in [0.25, 0.3) is 0 Å². The third kappa shape index (κ3) is 8.09. The fraction of sp³-hybridized carbons (Fsp3) is 0.441. The SMILES string of the molecule is Cc1cccc2c1nc(COc1ccc(Cl)cc1)n2CCC(CNCCCN1CCCCC1)Cc1ccccc1. The molecular weight excluding hydrogens is 516 g/mol. The number of ether oxygens (including phenoxy) is 1. The van der Waals surface area contributed by atoms with E-state index in [9.17, 15) is 0 Å². The molecule has 0 amide bonds. The van der Waals surface area contributed by atoms with Crippen LogP contribution in [-0.4, -0.2) is 47.2 Å². The normalized spacial score (nSPS) is 14.9. The maximum atomic E-state index is 6.14. The summed E-state index contributed by atoms with van der Waals surface area (Å²) in [6.45, 7) is 9.34. The first-order valence-electron chi connectivity index (χ1n) is 15.0. The summed E-state index contributed by atoms with van der Waals surface area (Å²) >= 11 is 6.06. The molecule has 1 aromatic heterocycles. The molecule has 2 heterocycles. The minimum Gasteiger partial charge on any atom is -0.486 e. The van der Waals surface area contributed by atoms with Gasteiger partial charge in [-0.15, -0.1) is 0 Å². The minimum atomic E-state index is 0.424. The predicted octanol–water partition coefficient (Wildman–Crippen LogP) is 7.29. The number of piperidine rings is 1. The monoisotopic (exact) mass is 558 g/mol. The molecule has 1 unspecified atom stereocenters. The highest BCUT2D eigenvalue weighted by molar-refractivity contribution is 6.30. The van der Waals surface area contributed by atoms with Gasteiger partial charge in [0.2, 0.25) is 0 Å². The molecule has 1 saturated heterocycles. The molecule has 1 aliphatic heterocycles. The molecule has 5 nitrogen and oxygen atoms in total. The fourth-order valence-corrected chi connectivity index (χ4v) is 5.95. The van der Waals surface area contributed by atoms with Crippen molar-refractivity contribution in [1.82, 2.24) is 19.8 Å². The molecule has 1 aliphatic rings. The van der Waals surface area contributed by atoms with Crippen LogP contribution in [0.1, 0.15) is 49.1 Å². The lowest BCUT2D eigenvalue weighted by Crippen LogP contribution is -2.33. The van der Waals surface area contributed by atoms with E-state index in [2.05, 4.69) is 70.2 Å². The first-order chi connectivity index (χ1) is 19.7. The number of hydrogen-bond acceptors (Lipinski definition) is 4. The highest BCUT2D eigenvalue weighted by Gasteiger charge is 2.16. The quantitative estimate of drug-likeness (QED) is 0.165. The number of nitrogens with one attached hydrogen (secondary N) is 1. The van der Waals surface area contributed by atoms with Crippen molar-refractivity contribution in [2.24, 2.45) is 5.92 Å². The Morgan fingerprint density at radius 2 is 1.73 bits per heavy atom. The van der Waals surface area contributed by atoms with Crippen molar-refractivity contribution in [3.8, 4) is 5.75 Å². The number of imidazole rings is 1. The maximum Gasteiger partial charge on any atom is 0.148 e. The Hall–Kier alpha value is -2.86. The summed E-state index contributed by atoms with van der Waals surface area (Å²) in [6.07, 6.45) is 7.49. The second kappa shape index (κ2) is 14.7. The summed E-state index contributed by atoms with van der Waals surface area (Å²) in [5.41, 5.74) is 4.84. The van der Waals surface area contributed by atoms with Gasteiger partial charge in [-0.3, -0.25) is 0 Å². The molecule has 212 valence electrons. The van der Waals surface area contributed by atoms with Gasteiger partial charge in [-0.2, -0.15) is 0 Å². The van der Waals surface area contributed by atoms with Gasteiger partial charge in [-0.1, -0.05) is 60.5 Å². The van der Waals surface area contributed by atoms with E-state index in [1.54, 1.807) is 0 Å². The summed E-state index contributed by atoms with van der Waals surface area (Å²) in [6, 6.07) is 24.9. The van der Waals surface area contributed by atoms with Gasteiger partial charge in [-0.05, 0) is 119 Å². The number of aryl methyl sites for hydroxylation is 2. The zero-order valence-corrected chi connectivity index (χ0v) is 24.6. The zero-order chi connectivity index (χ0) is 27.6. The van der Waals surface area contributed by atoms with E-state index in [1.165, 1.54) is 62.0 Å². The van der Waals surface area contributed by atoms with E-state index in [0.717, 1.165) is 49.6 Å². The largest absolute Gasteiger partial charge is 0.486 e. The fourth-order valence-electron chi connectivity index (χ4n) is 5.83. The first kappa shape index (κ1) is 28.7. The number of rotatable bonds is 14. The Bertz CT molecular complexity index is 1320. The lowest BCUT2D eigenvalue weighted by atomic mass is 9.96. The van der Waals surface area contributed by atoms with Crippen LogP contribution >= 0.6 is 11.6 Å². The predicted molar refractivity (Wildman–Crippen MR) is 166 cm³/mol. The molecule has 0 bridgehead atoms. The topological polar surface area (TPSA) is 42.3 Å². The van der Waals surface area contributed by atoms with Gasteiger partial charge in [0, 0.05) is 11.6 Å². The number of fused-ring (bicyclic) bond motifs is 1. The Labute approximate surface area is 244 Å². The molecule has 1 atom stereocenters. The average molecular weight is 559 g/mol. The van der Waals surface area contributed by atoms with Crippen molar-refractivity contribution in [2.75, 3.05) is 32.7 Å². The average Bonchev–Trinajstić information content (AvgIpc) is 3.35. The van der Waals surface area contributed by atoms with Crippen molar-refractivity contribution >= 4 is 22.6 Å². The molecule has 40 heavy (non-hydrogen) atoms. The van der Waals surface area contributed by atoms with E-state index >= 15 is 0 Å². The van der Waals surface area contributed by atoms with Crippen LogP contribution in [0.2, 0.25) is 5.02 Å². The number of likely N-dealkylation sites (tertiary alicyclic amines) is 1. The number of hydrogen-bond donors (Lipinski definition) is 1. The number of halogens is 1. The van der Waals surface area contributed by atoms with Crippen LogP contribution in [0.25, 0.3) is 11.0 Å². The molecule has 4 aromatic rings. The third-order valence-electron chi connectivity index (χ3n) is 8.08. The second-order valence-electron chi connectivity index (χ2n) is 11.2. The summed E-state index contributed by atoms with van der Waals surface area (Å²) in [4.78, 5) is 7.66. The lowest BCUT2D eigenvalue weighted by molar-refractivity contribution is 0.225. The van der Waals surface area contributed by atoms with E-state index in [4.69, 9.17) is 21.3 Å². The van der Waals surface area contributed by atoms with Crippen molar-refractivity contribution in [3.05, 3.63) is 94.8 Å². The maximum absolute atomic E-state index is 6.14. The Morgan fingerprint density at radius 3 is 2.52 bits per heavy atom. The molecule has 0 spiro atoms. The molecular formula is C34H43ClN4O. The van der Waals surface area contributed by atoms with Crippen LogP contribution in [0, 0.1) is 12.8 Å². The molecule has 0 saturated carbocycles. The van der Waals surface area contributed by atoms with Crippen molar-refractivity contribution in [2.45, 2.75) is 58.6 Å². The summed E-state index contributed by atoms with van der Waals surface area (Å²) in [5, 5.41) is 4.51. The Kier molecular flexibility index (Phi) is 10.5. The molecule has 0 aliphatic carbocycles. The zero-order valence-electron chi connectivity index (χ0n) is 23.8. The van der Waals surface area contributed by atoms with Crippen LogP contribution < -0.4 is 10.1 Å². The Balaban J connectivity index is 1.24. The van der Waals surface area contributed by atoms with Gasteiger partial charge in [0.15, 0.2) is 0 Å². The molecule has 5 rings (SSSR count). The van der Waals surface area contributed by atoms with Gasteiger partial charge in [0.05, 0.1) is 11.0 Å². The van der Waals surface area contributed by atoms with Gasteiger partial charge < -0.3 is 19.5 Å². The summed E-state index contributed by atoms with van der Waals surface area (Å²) < 4.78 is 8.51. The summed E-state index contributed by atoms with van der Waals surface area (Å²) in [7, 11) is 0. The van der Waals surface area contributed by atoms with Crippen molar-refractivity contribution in [1.29, 1.82) is 0 Å². The molecule has 1 fully saturated rings. The van der Waals surface area contributed by atoms with Crippen LogP contribution in [0.3, 0.4) is 0 Å². The molecule has 1 N–H and O–H groups in total. The number of benzene rings is 3. The van der Waals surface area contributed by atoms with E-state index in [0.29, 0.717) is 17.5 Å². The highest BCUT2D eigenvalue weighted by atomic mass is 35.5. The van der Waals surface area contributed by atoms with Gasteiger partial charge in [0.1, 0.15) is 18.2 Å². The van der Waals surface area contributed by atoms with Crippen molar-refractivity contribution in [3.63, 3.8) is 0 Å². The molecule has 6 heteroatoms. The van der Waals surface area contributed by atoms with Gasteiger partial charge >= 0.3 is 0 Å². The van der Waals surface area contributed by atoms with Crippen molar-refractivity contribution < 1.29 is 4.74 Å². The third-order valence-corrected chi connectivity index (χ3v) is 8.33. The van der Waals surface area contributed by atoms with Crippen LogP contribution in [0.15, 0.2) is 72.8 Å². The molecule has 3 aromatic carbocycles. The van der Waals surface area contributed by atoms with Crippen LogP contribution in [-0.2, 0) is 19.6 Å². The number of para-hydroxylation sites is 1. The Morgan fingerprint density at radius 1 is 0.925 bits per heavy atom. The van der Waals surface area contributed by atoms with Crippen LogP contribution in [0.4, 0.5) is 0 Å². The standard InChI is InChI=1S/C34H43ClN4O/c1-27-10-8-13-32-34(27)37-33(26-40-31-16-14-30(35)15-17-31)39(32)23-18-29(24-28-11-4-2-5-12-28)25-36-19-9-22-38-20-6-3-7-21-38/h2,4-5,8,10-17,29,36H,3,6-7,9,18-26H2,1H3. The smallest absolute Gasteiger partial charge is 0.148 e. The number of nitrogens with zero attached hydrogens (tertiary/aromatic N) is 3. The van der Waals surface area contributed by atoms with E-state index in [-0.39, 0.29) is 0 Å². The van der Waals surface area contributed by atoms with E-state index in [1.807, 2.05) is 24.3 Å². The summed E-state index contributed by atoms with van der Waals surface area (Å²) in [5.74, 6) is 2.30. The van der Waals surface area contributed by atoms with Crippen LogP contribution in [0.5, 0.6) is 5.75 Å². The lowest BCUT2D eigenvalue weighted by Gasteiger charge is -2.26. The molecule has 0 radical (unpaired) electrons. The number of aromatic nitrogens is 2. The minimum absolute atomic E-state index is 0.424.